The summed E-state index contributed by atoms with van der Waals surface area (Å²) in [7, 11) is -2.10. The van der Waals surface area contributed by atoms with Crippen molar-refractivity contribution in [1.29, 1.82) is 0 Å². The van der Waals surface area contributed by atoms with Crippen molar-refractivity contribution in [2.75, 3.05) is 7.11 Å². The molecule has 1 atom stereocenters. The van der Waals surface area contributed by atoms with E-state index in [0.29, 0.717) is 6.42 Å². The van der Waals surface area contributed by atoms with E-state index >= 15 is 0 Å². The summed E-state index contributed by atoms with van der Waals surface area (Å²) in [6, 6.07) is 16.2. The molecule has 29 heavy (non-hydrogen) atoms. The van der Waals surface area contributed by atoms with Crippen LogP contribution in [0.5, 0.6) is 11.5 Å². The first kappa shape index (κ1) is 19.7. The number of fused-ring (bicyclic) bond motifs is 2. The lowest BCUT2D eigenvalue weighted by molar-refractivity contribution is 0.0701. The molecule has 0 aromatic heterocycles. The Morgan fingerprint density at radius 2 is 1.76 bits per heavy atom. The zero-order valence-electron chi connectivity index (χ0n) is 17.0. The van der Waals surface area contributed by atoms with Gasteiger partial charge in [0, 0.05) is 12.0 Å². The SMILES string of the molecule is COc1ccc2cc(S(=O)(=O)NC3CC(C)(C)Oc4ccc(C)cc43)ccc2c1. The molecule has 0 amide bonds. The minimum Gasteiger partial charge on any atom is -0.497 e. The molecule has 4 rings (SSSR count). The Hall–Kier alpha value is -2.57. The lowest BCUT2D eigenvalue weighted by Gasteiger charge is -2.38. The molecule has 0 radical (unpaired) electrons. The third-order valence-electron chi connectivity index (χ3n) is 5.25. The summed E-state index contributed by atoms with van der Waals surface area (Å²) < 4.78 is 40.6. The van der Waals surface area contributed by atoms with Crippen molar-refractivity contribution in [1.82, 2.24) is 4.72 Å². The molecule has 1 heterocycles. The molecule has 3 aromatic carbocycles. The highest BCUT2D eigenvalue weighted by Gasteiger charge is 2.36. The molecule has 6 heteroatoms. The van der Waals surface area contributed by atoms with Crippen LogP contribution in [0.25, 0.3) is 10.8 Å². The number of methoxy groups -OCH3 is 1. The topological polar surface area (TPSA) is 64.6 Å². The molecule has 0 saturated carbocycles. The fourth-order valence-electron chi connectivity index (χ4n) is 3.83. The van der Waals surface area contributed by atoms with Crippen LogP contribution in [0.1, 0.15) is 37.4 Å². The van der Waals surface area contributed by atoms with E-state index in [1.807, 2.05) is 57.2 Å². The predicted octanol–water partition coefficient (Wildman–Crippen LogP) is 4.74. The van der Waals surface area contributed by atoms with Crippen molar-refractivity contribution in [3.8, 4) is 11.5 Å². The van der Waals surface area contributed by atoms with Crippen LogP contribution in [0.2, 0.25) is 0 Å². The summed E-state index contributed by atoms with van der Waals surface area (Å²) in [4.78, 5) is 0.244. The number of hydrogen-bond acceptors (Lipinski definition) is 4. The average molecular weight is 412 g/mol. The Balaban J connectivity index is 1.70. The Bertz CT molecular complexity index is 1180. The van der Waals surface area contributed by atoms with E-state index in [0.717, 1.165) is 33.4 Å². The smallest absolute Gasteiger partial charge is 0.241 e. The fourth-order valence-corrected chi connectivity index (χ4v) is 5.08. The minimum atomic E-state index is -3.71. The van der Waals surface area contributed by atoms with Crippen LogP contribution in [0.15, 0.2) is 59.5 Å². The van der Waals surface area contributed by atoms with Gasteiger partial charge in [0.1, 0.15) is 17.1 Å². The third kappa shape index (κ3) is 3.95. The zero-order chi connectivity index (χ0) is 20.8. The highest BCUT2D eigenvalue weighted by Crippen LogP contribution is 2.40. The average Bonchev–Trinajstić information content (AvgIpc) is 2.66. The lowest BCUT2D eigenvalue weighted by atomic mass is 9.89. The van der Waals surface area contributed by atoms with Crippen molar-refractivity contribution < 1.29 is 17.9 Å². The van der Waals surface area contributed by atoms with Crippen LogP contribution in [-0.2, 0) is 10.0 Å². The number of rotatable bonds is 4. The van der Waals surface area contributed by atoms with Gasteiger partial charge in [0.25, 0.3) is 0 Å². The largest absolute Gasteiger partial charge is 0.497 e. The van der Waals surface area contributed by atoms with E-state index in [1.165, 1.54) is 0 Å². The molecule has 0 spiro atoms. The molecule has 0 saturated heterocycles. The molecule has 5 nitrogen and oxygen atoms in total. The van der Waals surface area contributed by atoms with Crippen LogP contribution in [0.4, 0.5) is 0 Å². The molecular weight excluding hydrogens is 386 g/mol. The molecule has 152 valence electrons. The molecule has 0 aliphatic carbocycles. The predicted molar refractivity (Wildman–Crippen MR) is 114 cm³/mol. The van der Waals surface area contributed by atoms with Gasteiger partial charge in [-0.3, -0.25) is 0 Å². The van der Waals surface area contributed by atoms with Gasteiger partial charge in [-0.1, -0.05) is 29.8 Å². The Morgan fingerprint density at radius 3 is 2.52 bits per heavy atom. The van der Waals surface area contributed by atoms with E-state index in [1.54, 1.807) is 25.3 Å². The van der Waals surface area contributed by atoms with Gasteiger partial charge in [0.05, 0.1) is 18.0 Å². The molecule has 1 N–H and O–H groups in total. The normalized spacial score (nSPS) is 18.1. The number of hydrogen-bond donors (Lipinski definition) is 1. The van der Waals surface area contributed by atoms with E-state index in [2.05, 4.69) is 4.72 Å². The lowest BCUT2D eigenvalue weighted by Crippen LogP contribution is -2.41. The van der Waals surface area contributed by atoms with Crippen molar-refractivity contribution >= 4 is 20.8 Å². The number of ether oxygens (including phenoxy) is 2. The first-order valence-electron chi connectivity index (χ1n) is 9.57. The van der Waals surface area contributed by atoms with Gasteiger partial charge in [-0.05, 0) is 61.9 Å². The maximum atomic E-state index is 13.2. The monoisotopic (exact) mass is 411 g/mol. The Labute approximate surface area is 171 Å². The van der Waals surface area contributed by atoms with Gasteiger partial charge in [-0.2, -0.15) is 0 Å². The second kappa shape index (κ2) is 7.04. The first-order valence-corrected chi connectivity index (χ1v) is 11.0. The van der Waals surface area contributed by atoms with Gasteiger partial charge in [-0.15, -0.1) is 0 Å². The maximum Gasteiger partial charge on any atom is 0.241 e. The van der Waals surface area contributed by atoms with Crippen LogP contribution in [0, 0.1) is 6.92 Å². The van der Waals surface area contributed by atoms with Crippen LogP contribution in [0.3, 0.4) is 0 Å². The summed E-state index contributed by atoms with van der Waals surface area (Å²) >= 11 is 0. The summed E-state index contributed by atoms with van der Waals surface area (Å²) in [6.07, 6.45) is 0.549. The van der Waals surface area contributed by atoms with Gasteiger partial charge in [-0.25, -0.2) is 13.1 Å². The summed E-state index contributed by atoms with van der Waals surface area (Å²) in [5, 5.41) is 1.77. The van der Waals surface area contributed by atoms with Gasteiger partial charge >= 0.3 is 0 Å². The van der Waals surface area contributed by atoms with Gasteiger partial charge in [0.15, 0.2) is 0 Å². The second-order valence-corrected chi connectivity index (χ2v) is 9.87. The first-order chi connectivity index (χ1) is 13.7. The molecule has 3 aromatic rings. The van der Waals surface area contributed by atoms with Crippen molar-refractivity contribution in [2.45, 2.75) is 43.7 Å². The quantitative estimate of drug-likeness (QED) is 0.674. The summed E-state index contributed by atoms with van der Waals surface area (Å²) in [6.45, 7) is 5.93. The van der Waals surface area contributed by atoms with E-state index in [4.69, 9.17) is 9.47 Å². The molecule has 1 aliphatic rings. The van der Waals surface area contributed by atoms with Gasteiger partial charge in [0.2, 0.25) is 10.0 Å². The Kier molecular flexibility index (Phi) is 4.79. The highest BCUT2D eigenvalue weighted by atomic mass is 32.2. The van der Waals surface area contributed by atoms with Crippen molar-refractivity contribution in [3.05, 3.63) is 65.7 Å². The third-order valence-corrected chi connectivity index (χ3v) is 6.72. The number of aryl methyl sites for hydroxylation is 1. The molecule has 0 fully saturated rings. The minimum absolute atomic E-state index is 0.244. The van der Waals surface area contributed by atoms with Crippen LogP contribution >= 0.6 is 0 Å². The molecular formula is C23H25NO4S. The maximum absolute atomic E-state index is 13.2. The van der Waals surface area contributed by atoms with E-state index < -0.39 is 15.6 Å². The van der Waals surface area contributed by atoms with Gasteiger partial charge < -0.3 is 9.47 Å². The van der Waals surface area contributed by atoms with Crippen molar-refractivity contribution in [2.24, 2.45) is 0 Å². The second-order valence-electron chi connectivity index (χ2n) is 8.16. The molecule has 1 aliphatic heterocycles. The highest BCUT2D eigenvalue weighted by molar-refractivity contribution is 7.89. The van der Waals surface area contributed by atoms with Crippen LogP contribution in [-0.4, -0.2) is 21.1 Å². The van der Waals surface area contributed by atoms with Crippen molar-refractivity contribution in [3.63, 3.8) is 0 Å². The standard InChI is InChI=1S/C23H25NO4S/c1-15-5-10-22-20(11-15)21(14-23(2,3)28-22)24-29(25,26)19-9-7-16-12-18(27-4)8-6-17(16)13-19/h5-13,21,24H,14H2,1-4H3. The summed E-state index contributed by atoms with van der Waals surface area (Å²) in [5.41, 5.74) is 1.48. The molecule has 1 unspecified atom stereocenters. The zero-order valence-corrected chi connectivity index (χ0v) is 17.8. The number of benzene rings is 3. The Morgan fingerprint density at radius 1 is 1.03 bits per heavy atom. The molecule has 0 bridgehead atoms. The van der Waals surface area contributed by atoms with E-state index in [9.17, 15) is 8.42 Å². The van der Waals surface area contributed by atoms with Crippen LogP contribution < -0.4 is 14.2 Å². The van der Waals surface area contributed by atoms with E-state index in [-0.39, 0.29) is 10.9 Å². The number of nitrogens with one attached hydrogen (secondary N) is 1. The fraction of sp³-hybridized carbons (Fsp3) is 0.304. The number of sulfonamides is 1. The summed E-state index contributed by atoms with van der Waals surface area (Å²) in [5.74, 6) is 1.47.